The first-order chi connectivity index (χ1) is 21.3. The lowest BCUT2D eigenvalue weighted by Crippen LogP contribution is -2.45. The van der Waals surface area contributed by atoms with E-state index in [1.807, 2.05) is 48.5 Å². The Kier molecular flexibility index (Phi) is 11.7. The maximum atomic E-state index is 12.8. The second kappa shape index (κ2) is 15.8. The molecule has 0 aliphatic carbocycles. The number of halogens is 1. The summed E-state index contributed by atoms with van der Waals surface area (Å²) in [7, 11) is 0. The number of carbonyl (C=O) groups is 2. The normalized spacial score (nSPS) is 14.4. The molecule has 0 radical (unpaired) electrons. The number of hydrogen-bond acceptors (Lipinski definition) is 7. The Morgan fingerprint density at radius 3 is 2.61 bits per heavy atom. The molecule has 1 amide bonds. The molecule has 0 saturated carbocycles. The van der Waals surface area contributed by atoms with E-state index < -0.39 is 17.9 Å². The molecule has 0 spiro atoms. The Morgan fingerprint density at radius 1 is 1.09 bits per heavy atom. The van der Waals surface area contributed by atoms with Crippen molar-refractivity contribution in [3.05, 3.63) is 117 Å². The third-order valence-corrected chi connectivity index (χ3v) is 7.26. The molecule has 1 atom stereocenters. The molecule has 0 fully saturated rings. The lowest BCUT2D eigenvalue weighted by molar-refractivity contribution is -0.139. The summed E-state index contributed by atoms with van der Waals surface area (Å²) in [6, 6.07) is 20.1. The topological polar surface area (TPSA) is 110 Å². The molecule has 3 aromatic carbocycles. The second-order valence-electron chi connectivity index (χ2n) is 9.69. The zero-order valence-corrected chi connectivity index (χ0v) is 26.8. The molecule has 0 saturated heterocycles. The van der Waals surface area contributed by atoms with Gasteiger partial charge in [0, 0.05) is 15.7 Å². The average Bonchev–Trinajstić information content (AvgIpc) is 3.00. The van der Waals surface area contributed by atoms with Gasteiger partial charge >= 0.3 is 5.97 Å². The lowest BCUT2D eigenvalue weighted by atomic mass is 9.95. The molecule has 11 heteroatoms. The summed E-state index contributed by atoms with van der Waals surface area (Å²) in [6.45, 7) is 7.71. The summed E-state index contributed by atoms with van der Waals surface area (Å²) in [6.07, 6.45) is 3.97. The largest absolute Gasteiger partial charge is 0.489 e. The van der Waals surface area contributed by atoms with Gasteiger partial charge in [0.15, 0.2) is 11.7 Å². The zero-order valence-electron chi connectivity index (χ0n) is 24.4. The van der Waals surface area contributed by atoms with Crippen LogP contribution in [0.4, 0.5) is 0 Å². The van der Waals surface area contributed by atoms with Gasteiger partial charge in [-0.3, -0.25) is 4.79 Å². The quantitative estimate of drug-likeness (QED) is 0.0702. The smallest absolute Gasteiger partial charge is 0.338 e. The molecule has 3 N–H and O–H groups in total. The van der Waals surface area contributed by atoms with Crippen molar-refractivity contribution in [1.82, 2.24) is 16.1 Å². The number of esters is 1. The van der Waals surface area contributed by atoms with E-state index >= 15 is 0 Å². The number of hydrazone groups is 1. The van der Waals surface area contributed by atoms with Gasteiger partial charge in [0.25, 0.3) is 5.91 Å². The first kappa shape index (κ1) is 32.4. The van der Waals surface area contributed by atoms with Crippen LogP contribution in [0.5, 0.6) is 11.5 Å². The highest BCUT2D eigenvalue weighted by atomic mass is 79.9. The van der Waals surface area contributed by atoms with E-state index in [0.29, 0.717) is 40.7 Å². The summed E-state index contributed by atoms with van der Waals surface area (Å²) in [4.78, 5) is 25.4. The van der Waals surface area contributed by atoms with Crippen LogP contribution in [0.25, 0.3) is 0 Å². The van der Waals surface area contributed by atoms with Gasteiger partial charge in [0.05, 0.1) is 24.4 Å². The van der Waals surface area contributed by atoms with Crippen molar-refractivity contribution in [3.63, 3.8) is 0 Å². The van der Waals surface area contributed by atoms with Gasteiger partial charge in [-0.15, -0.1) is 6.58 Å². The Morgan fingerprint density at radius 2 is 1.86 bits per heavy atom. The summed E-state index contributed by atoms with van der Waals surface area (Å²) >= 11 is 8.77. The monoisotopic (exact) mass is 676 g/mol. The molecule has 44 heavy (non-hydrogen) atoms. The highest BCUT2D eigenvalue weighted by Crippen LogP contribution is 2.33. The fourth-order valence-electron chi connectivity index (χ4n) is 4.49. The van der Waals surface area contributed by atoms with Gasteiger partial charge in [-0.05, 0) is 85.6 Å². The number of carbonyl (C=O) groups excluding carboxylic acids is 2. The molecule has 9 nitrogen and oxygen atoms in total. The summed E-state index contributed by atoms with van der Waals surface area (Å²) < 4.78 is 18.2. The van der Waals surface area contributed by atoms with Crippen LogP contribution in [0.2, 0.25) is 0 Å². The van der Waals surface area contributed by atoms with Crippen LogP contribution < -0.4 is 25.5 Å². The highest BCUT2D eigenvalue weighted by Gasteiger charge is 2.32. The van der Waals surface area contributed by atoms with Crippen molar-refractivity contribution in [3.8, 4) is 11.5 Å². The van der Waals surface area contributed by atoms with Crippen LogP contribution in [0.15, 0.2) is 100 Å². The number of para-hydroxylation sites is 1. The molecule has 0 aromatic heterocycles. The van der Waals surface area contributed by atoms with E-state index in [1.54, 1.807) is 44.3 Å². The molecule has 3 aromatic rings. The van der Waals surface area contributed by atoms with Gasteiger partial charge < -0.3 is 24.8 Å². The molecular formula is C33H33BrN4O5S. The number of benzene rings is 3. The molecule has 1 aliphatic heterocycles. The number of nitrogens with zero attached hydrogens (tertiary/aromatic N) is 1. The van der Waals surface area contributed by atoms with Crippen molar-refractivity contribution >= 4 is 51.4 Å². The second-order valence-corrected chi connectivity index (χ2v) is 11.0. The number of amides is 1. The standard InChI is InChI=1S/C33H33BrN4O5S/c1-4-8-24-17-23(13-16-27(24)42-19-22-11-14-25(34)15-12-22)18-35-38-29(39)20-43-28-10-7-6-9-26(28)31-30(32(40)41-5-2)21(3)36-33(44)37-31/h4,6-7,9-18,31H,1,5,8,19-20H2,2-3H3,(H,38,39)(H2,36,37,44)/t31-/m0/s1. The Hall–Kier alpha value is -4.48. The predicted molar refractivity (Wildman–Crippen MR) is 177 cm³/mol. The van der Waals surface area contributed by atoms with E-state index in [1.165, 1.54) is 0 Å². The maximum absolute atomic E-state index is 12.8. The summed E-state index contributed by atoms with van der Waals surface area (Å²) in [5, 5.41) is 10.5. The van der Waals surface area contributed by atoms with Crippen molar-refractivity contribution in [1.29, 1.82) is 0 Å². The Bertz CT molecular complexity index is 1590. The van der Waals surface area contributed by atoms with Crippen LogP contribution >= 0.6 is 28.1 Å². The number of rotatable bonds is 13. The number of nitrogens with one attached hydrogen (secondary N) is 3. The average molecular weight is 678 g/mol. The van der Waals surface area contributed by atoms with Gasteiger partial charge in [-0.25, -0.2) is 10.2 Å². The van der Waals surface area contributed by atoms with Crippen LogP contribution in [0.3, 0.4) is 0 Å². The van der Waals surface area contributed by atoms with E-state index in [-0.39, 0.29) is 13.2 Å². The summed E-state index contributed by atoms with van der Waals surface area (Å²) in [5.74, 6) is 0.236. The number of ether oxygens (including phenoxy) is 3. The van der Waals surface area contributed by atoms with Crippen LogP contribution in [0.1, 0.15) is 42.1 Å². The van der Waals surface area contributed by atoms with Crippen LogP contribution in [-0.2, 0) is 27.4 Å². The van der Waals surface area contributed by atoms with Crippen molar-refractivity contribution < 1.29 is 23.8 Å². The first-order valence-corrected chi connectivity index (χ1v) is 15.1. The Labute approximate surface area is 270 Å². The Balaban J connectivity index is 1.38. The fourth-order valence-corrected chi connectivity index (χ4v) is 5.02. The van der Waals surface area contributed by atoms with Crippen molar-refractivity contribution in [2.75, 3.05) is 13.2 Å². The van der Waals surface area contributed by atoms with E-state index in [0.717, 1.165) is 26.9 Å². The first-order valence-electron chi connectivity index (χ1n) is 13.9. The molecular weight excluding hydrogens is 644 g/mol. The van der Waals surface area contributed by atoms with Gasteiger partial charge in [0.2, 0.25) is 0 Å². The summed E-state index contributed by atoms with van der Waals surface area (Å²) in [5.41, 5.74) is 6.88. The lowest BCUT2D eigenvalue weighted by Gasteiger charge is -2.30. The molecule has 0 bridgehead atoms. The third-order valence-electron chi connectivity index (χ3n) is 6.51. The van der Waals surface area contributed by atoms with E-state index in [9.17, 15) is 9.59 Å². The highest BCUT2D eigenvalue weighted by molar-refractivity contribution is 9.10. The van der Waals surface area contributed by atoms with Crippen LogP contribution in [0, 0.1) is 0 Å². The minimum absolute atomic E-state index is 0.228. The number of hydrogen-bond donors (Lipinski definition) is 3. The van der Waals surface area contributed by atoms with E-state index in [4.69, 9.17) is 26.4 Å². The van der Waals surface area contributed by atoms with Gasteiger partial charge in [0.1, 0.15) is 18.1 Å². The third kappa shape index (κ3) is 8.77. The van der Waals surface area contributed by atoms with E-state index in [2.05, 4.69) is 43.7 Å². The van der Waals surface area contributed by atoms with Gasteiger partial charge in [-0.2, -0.15) is 5.10 Å². The minimum Gasteiger partial charge on any atom is -0.489 e. The number of allylic oxidation sites excluding steroid dienone is 2. The SMILES string of the molecule is C=CCc1cc(C=NNC(=O)COc2ccccc2[C@@H]2NC(=S)NC(C)=C2C(=O)OCC)ccc1OCc1ccc(Br)cc1. The molecule has 4 rings (SSSR count). The van der Waals surface area contributed by atoms with Crippen LogP contribution in [-0.4, -0.2) is 36.4 Å². The van der Waals surface area contributed by atoms with Crippen molar-refractivity contribution in [2.45, 2.75) is 32.9 Å². The fraction of sp³-hybridized carbons (Fsp3) is 0.212. The van der Waals surface area contributed by atoms with Crippen molar-refractivity contribution in [2.24, 2.45) is 5.10 Å². The molecule has 1 aliphatic rings. The maximum Gasteiger partial charge on any atom is 0.338 e. The number of thiocarbonyl (C=S) groups is 1. The van der Waals surface area contributed by atoms with Gasteiger partial charge in [-0.1, -0.05) is 52.3 Å². The zero-order chi connectivity index (χ0) is 31.5. The minimum atomic E-state index is -0.619. The molecule has 0 unspecified atom stereocenters. The predicted octanol–water partition coefficient (Wildman–Crippen LogP) is 5.64. The molecule has 228 valence electrons. The molecule has 1 heterocycles.